The van der Waals surface area contributed by atoms with E-state index in [0.29, 0.717) is 0 Å². The summed E-state index contributed by atoms with van der Waals surface area (Å²) in [5, 5.41) is 0. The Morgan fingerprint density at radius 2 is 2.17 bits per heavy atom. The maximum Gasteiger partial charge on any atom is 0.397 e. The molecule has 0 aliphatic rings. The fraction of sp³-hybridized carbons (Fsp3) is 0.250. The minimum Gasteiger partial charge on any atom is -0.249 e. The zero-order chi connectivity index (χ0) is 9.40. The third-order valence-corrected chi connectivity index (χ3v) is 0.944. The van der Waals surface area contributed by atoms with Crippen LogP contribution in [0.3, 0.4) is 0 Å². The van der Waals surface area contributed by atoms with E-state index in [0.717, 1.165) is 0 Å². The molecule has 12 heavy (non-hydrogen) atoms. The molecule has 1 heterocycles. The summed E-state index contributed by atoms with van der Waals surface area (Å²) in [6, 6.07) is 4.55. The number of pyridine rings is 1. The summed E-state index contributed by atoms with van der Waals surface area (Å²) >= 11 is 0. The van der Waals surface area contributed by atoms with E-state index in [2.05, 4.69) is 9.93 Å². The second-order valence-corrected chi connectivity index (χ2v) is 1.58. The molecular formula is C8H10FNO2. The van der Waals surface area contributed by atoms with Gasteiger partial charge < -0.3 is 0 Å². The van der Waals surface area contributed by atoms with E-state index in [4.69, 9.17) is 0 Å². The molecule has 66 valence electrons. The largest absolute Gasteiger partial charge is 0.397 e. The number of hydrogen-bond acceptors (Lipinski definition) is 3. The molecule has 3 nitrogen and oxygen atoms in total. The highest BCUT2D eigenvalue weighted by molar-refractivity contribution is 5.86. The summed E-state index contributed by atoms with van der Waals surface area (Å²) in [7, 11) is 0. The highest BCUT2D eigenvalue weighted by atomic mass is 19.3. The van der Waals surface area contributed by atoms with Gasteiger partial charge in [0.25, 0.3) is 0 Å². The molecule has 0 N–H and O–H groups in total. The summed E-state index contributed by atoms with van der Waals surface area (Å²) in [6.45, 7) is 4.00. The average Bonchev–Trinajstić information content (AvgIpc) is 2.21. The summed E-state index contributed by atoms with van der Waals surface area (Å²) in [4.78, 5) is 16.8. The van der Waals surface area contributed by atoms with Gasteiger partial charge in [0.2, 0.25) is 0 Å². The standard InChI is InChI=1S/C6H4FNO2.C2H6/c7-10-6(9)5-3-1-2-4-8-5;1-2/h1-4H;1-2H3. The maximum atomic E-state index is 11.2. The lowest BCUT2D eigenvalue weighted by molar-refractivity contribution is -0.0793. The van der Waals surface area contributed by atoms with Crippen molar-refractivity contribution in [2.45, 2.75) is 13.8 Å². The SMILES string of the molecule is CC.O=C(OF)c1ccccn1. The van der Waals surface area contributed by atoms with Crippen LogP contribution in [0.2, 0.25) is 0 Å². The summed E-state index contributed by atoms with van der Waals surface area (Å²) < 4.78 is 11.2. The Morgan fingerprint density at radius 3 is 2.58 bits per heavy atom. The van der Waals surface area contributed by atoms with Crippen molar-refractivity contribution in [1.29, 1.82) is 0 Å². The third kappa shape index (κ3) is 3.09. The topological polar surface area (TPSA) is 39.2 Å². The zero-order valence-electron chi connectivity index (χ0n) is 6.95. The van der Waals surface area contributed by atoms with Crippen LogP contribution in [0.5, 0.6) is 0 Å². The van der Waals surface area contributed by atoms with Crippen molar-refractivity contribution in [3.8, 4) is 0 Å². The van der Waals surface area contributed by atoms with Crippen LogP contribution in [0.4, 0.5) is 4.53 Å². The predicted molar refractivity (Wildman–Crippen MR) is 42.1 cm³/mol. The number of rotatable bonds is 1. The van der Waals surface area contributed by atoms with Crippen LogP contribution >= 0.6 is 0 Å². The quantitative estimate of drug-likeness (QED) is 0.649. The Hall–Kier alpha value is -1.45. The predicted octanol–water partition coefficient (Wildman–Crippen LogP) is 2.15. The average molecular weight is 171 g/mol. The second-order valence-electron chi connectivity index (χ2n) is 1.58. The first-order valence-electron chi connectivity index (χ1n) is 3.58. The van der Waals surface area contributed by atoms with E-state index in [9.17, 15) is 9.32 Å². The van der Waals surface area contributed by atoms with Gasteiger partial charge in [0.1, 0.15) is 0 Å². The number of aromatic nitrogens is 1. The van der Waals surface area contributed by atoms with E-state index >= 15 is 0 Å². The van der Waals surface area contributed by atoms with Gasteiger partial charge in [0.15, 0.2) is 5.69 Å². The summed E-state index contributed by atoms with van der Waals surface area (Å²) in [5.74, 6) is -1.07. The molecule has 0 aromatic carbocycles. The van der Waals surface area contributed by atoms with Crippen molar-refractivity contribution < 1.29 is 14.3 Å². The molecule has 0 radical (unpaired) electrons. The zero-order valence-corrected chi connectivity index (χ0v) is 6.95. The van der Waals surface area contributed by atoms with Crippen molar-refractivity contribution in [2.75, 3.05) is 0 Å². The van der Waals surface area contributed by atoms with Crippen molar-refractivity contribution in [2.24, 2.45) is 0 Å². The minimum absolute atomic E-state index is 0.0370. The molecule has 1 aromatic heterocycles. The smallest absolute Gasteiger partial charge is 0.249 e. The fourth-order valence-electron chi connectivity index (χ4n) is 0.523. The molecule has 0 spiro atoms. The van der Waals surface area contributed by atoms with Gasteiger partial charge in [0.05, 0.1) is 0 Å². The van der Waals surface area contributed by atoms with Crippen LogP contribution in [-0.4, -0.2) is 11.0 Å². The van der Waals surface area contributed by atoms with Gasteiger partial charge in [-0.3, -0.25) is 0 Å². The highest BCUT2D eigenvalue weighted by Crippen LogP contribution is 1.95. The van der Waals surface area contributed by atoms with E-state index in [1.165, 1.54) is 12.3 Å². The first kappa shape index (κ1) is 10.6. The number of halogens is 1. The number of carbonyl (C=O) groups excluding carboxylic acids is 1. The Labute approximate surface area is 70.1 Å². The van der Waals surface area contributed by atoms with Crippen LogP contribution < -0.4 is 0 Å². The number of nitrogens with zero attached hydrogens (tertiary/aromatic N) is 1. The van der Waals surface area contributed by atoms with Crippen LogP contribution in [0.15, 0.2) is 24.4 Å². The lowest BCUT2D eigenvalue weighted by atomic mass is 10.4. The molecule has 4 heteroatoms. The normalized spacial score (nSPS) is 7.92. The van der Waals surface area contributed by atoms with Crippen molar-refractivity contribution in [3.63, 3.8) is 0 Å². The van der Waals surface area contributed by atoms with Gasteiger partial charge >= 0.3 is 5.97 Å². The Bertz CT molecular complexity index is 226. The Kier molecular flexibility index (Phi) is 5.51. The van der Waals surface area contributed by atoms with Crippen LogP contribution in [-0.2, 0) is 4.94 Å². The van der Waals surface area contributed by atoms with Crippen molar-refractivity contribution in [1.82, 2.24) is 4.98 Å². The molecular weight excluding hydrogens is 161 g/mol. The molecule has 0 aliphatic carbocycles. The molecule has 0 amide bonds. The van der Waals surface area contributed by atoms with Gasteiger partial charge in [-0.05, 0) is 12.1 Å². The van der Waals surface area contributed by atoms with Gasteiger partial charge in [-0.25, -0.2) is 14.7 Å². The van der Waals surface area contributed by atoms with Crippen LogP contribution in [0, 0.1) is 0 Å². The van der Waals surface area contributed by atoms with Gasteiger partial charge in [-0.2, -0.15) is 0 Å². The van der Waals surface area contributed by atoms with Gasteiger partial charge in [0, 0.05) is 10.7 Å². The lowest BCUT2D eigenvalue weighted by Crippen LogP contribution is -2.00. The molecule has 0 aliphatic heterocycles. The molecule has 1 aromatic rings. The number of hydrogen-bond donors (Lipinski definition) is 0. The van der Waals surface area contributed by atoms with Gasteiger partial charge in [-0.1, -0.05) is 19.9 Å². The molecule has 0 fully saturated rings. The molecule has 0 bridgehead atoms. The minimum atomic E-state index is -1.07. The van der Waals surface area contributed by atoms with Crippen molar-refractivity contribution >= 4 is 5.97 Å². The van der Waals surface area contributed by atoms with Crippen LogP contribution in [0.25, 0.3) is 0 Å². The first-order chi connectivity index (χ1) is 5.84. The number of carbonyl (C=O) groups is 1. The highest BCUT2D eigenvalue weighted by Gasteiger charge is 2.06. The maximum absolute atomic E-state index is 11.2. The van der Waals surface area contributed by atoms with Crippen LogP contribution in [0.1, 0.15) is 24.3 Å². The fourth-order valence-corrected chi connectivity index (χ4v) is 0.523. The van der Waals surface area contributed by atoms with Crippen molar-refractivity contribution in [3.05, 3.63) is 30.1 Å². The van der Waals surface area contributed by atoms with E-state index in [-0.39, 0.29) is 5.69 Å². The second kappa shape index (κ2) is 6.27. The molecule has 0 atom stereocenters. The monoisotopic (exact) mass is 171 g/mol. The summed E-state index contributed by atoms with van der Waals surface area (Å²) in [6.07, 6.45) is 1.38. The Balaban J connectivity index is 0.000000561. The first-order valence-corrected chi connectivity index (χ1v) is 3.58. The van der Waals surface area contributed by atoms with E-state index in [1.54, 1.807) is 12.1 Å². The van der Waals surface area contributed by atoms with Gasteiger partial charge in [-0.15, -0.1) is 0 Å². The third-order valence-electron chi connectivity index (χ3n) is 0.944. The molecule has 0 saturated carbocycles. The lowest BCUT2D eigenvalue weighted by Gasteiger charge is -1.89. The molecule has 0 saturated heterocycles. The Morgan fingerprint density at radius 1 is 1.50 bits per heavy atom. The molecule has 1 rings (SSSR count). The van der Waals surface area contributed by atoms with E-state index in [1.807, 2.05) is 13.8 Å². The summed E-state index contributed by atoms with van der Waals surface area (Å²) in [5.41, 5.74) is -0.0370. The van der Waals surface area contributed by atoms with E-state index < -0.39 is 5.97 Å². The molecule has 0 unspecified atom stereocenters.